The summed E-state index contributed by atoms with van der Waals surface area (Å²) in [6, 6.07) is 60.9. The Labute approximate surface area is 341 Å². The molecule has 57 heavy (non-hydrogen) atoms. The molecule has 6 aromatic carbocycles. The summed E-state index contributed by atoms with van der Waals surface area (Å²) >= 11 is 1.56. The molecule has 0 bridgehead atoms. The van der Waals surface area contributed by atoms with Crippen LogP contribution >= 0.6 is 11.8 Å². The fraction of sp³-hybridized carbons (Fsp3) is 0.260. The Kier molecular flexibility index (Phi) is 13.4. The van der Waals surface area contributed by atoms with Crippen molar-refractivity contribution >= 4 is 17.7 Å². The predicted octanol–water partition coefficient (Wildman–Crippen LogP) is 10.6. The predicted molar refractivity (Wildman–Crippen MR) is 225 cm³/mol. The monoisotopic (exact) mass is 778 g/mol. The maximum absolute atomic E-state index is 14.0. The summed E-state index contributed by atoms with van der Waals surface area (Å²) in [7, 11) is 0. The van der Waals surface area contributed by atoms with Gasteiger partial charge in [-0.3, -0.25) is 4.79 Å². The van der Waals surface area contributed by atoms with Gasteiger partial charge in [-0.2, -0.15) is 0 Å². The van der Waals surface area contributed by atoms with E-state index in [1.54, 1.807) is 11.8 Å². The fourth-order valence-electron chi connectivity index (χ4n) is 7.06. The average molecular weight is 779 g/mol. The summed E-state index contributed by atoms with van der Waals surface area (Å²) in [6.07, 6.45) is -3.03. The van der Waals surface area contributed by atoms with E-state index in [9.17, 15) is 4.79 Å². The van der Waals surface area contributed by atoms with E-state index in [1.807, 2.05) is 154 Å². The Morgan fingerprint density at radius 2 is 0.947 bits per heavy atom. The Morgan fingerprint density at radius 1 is 0.544 bits per heavy atom. The van der Waals surface area contributed by atoms with Crippen LogP contribution in [0.3, 0.4) is 0 Å². The molecule has 0 unspecified atom stereocenters. The topological polar surface area (TPSA) is 63.2 Å². The highest BCUT2D eigenvalue weighted by molar-refractivity contribution is 7.99. The van der Waals surface area contributed by atoms with Gasteiger partial charge in [-0.25, -0.2) is 0 Å². The summed E-state index contributed by atoms with van der Waals surface area (Å²) in [5.74, 6) is -0.370. The van der Waals surface area contributed by atoms with Crippen LogP contribution in [0.5, 0.6) is 0 Å². The molecule has 6 nitrogen and oxygen atoms in total. The van der Waals surface area contributed by atoms with E-state index in [1.165, 1.54) is 0 Å². The van der Waals surface area contributed by atoms with Gasteiger partial charge < -0.3 is 23.7 Å². The fourth-order valence-corrected chi connectivity index (χ4v) is 8.21. The van der Waals surface area contributed by atoms with E-state index in [2.05, 4.69) is 48.5 Å². The molecule has 0 amide bonds. The second-order valence-corrected chi connectivity index (χ2v) is 16.4. The maximum atomic E-state index is 14.0. The molecule has 7 rings (SSSR count). The minimum atomic E-state index is -1.03. The largest absolute Gasteiger partial charge is 0.456 e. The summed E-state index contributed by atoms with van der Waals surface area (Å²) in [5, 5.41) is 0. The van der Waals surface area contributed by atoms with E-state index in [4.69, 9.17) is 23.7 Å². The van der Waals surface area contributed by atoms with Crippen LogP contribution in [0.1, 0.15) is 48.6 Å². The van der Waals surface area contributed by atoms with Gasteiger partial charge in [0.15, 0.2) is 6.10 Å². The molecule has 292 valence electrons. The second kappa shape index (κ2) is 18.9. The summed E-state index contributed by atoms with van der Waals surface area (Å²) in [4.78, 5) is 15.0. The van der Waals surface area contributed by atoms with Crippen LogP contribution in [-0.2, 0) is 47.3 Å². The Morgan fingerprint density at radius 3 is 1.39 bits per heavy atom. The first-order valence-electron chi connectivity index (χ1n) is 19.5. The van der Waals surface area contributed by atoms with Gasteiger partial charge in [0, 0.05) is 4.90 Å². The minimum Gasteiger partial charge on any atom is -0.456 e. The zero-order valence-corrected chi connectivity index (χ0v) is 33.5. The molecule has 6 aromatic rings. The van der Waals surface area contributed by atoms with Gasteiger partial charge in [0.1, 0.15) is 29.3 Å². The third kappa shape index (κ3) is 9.93. The number of esters is 1. The lowest BCUT2D eigenvalue weighted by atomic mass is 9.80. The number of benzene rings is 6. The molecule has 1 aliphatic rings. The second-order valence-electron chi connectivity index (χ2n) is 15.2. The SMILES string of the molecule is CC(C)(C)C(=O)O[C@H]1[C@H](OCc2ccccc2)[C@H](OCc2ccccc2)[C@@H](Sc2ccccc2)O[C@@H]1COC(c1ccccc1)(c1ccccc1)c1ccccc1. The minimum absolute atomic E-state index is 0.0588. The number of thioether (sulfide) groups is 1. The van der Waals surface area contributed by atoms with Crippen molar-refractivity contribution in [2.24, 2.45) is 5.41 Å². The van der Waals surface area contributed by atoms with Crippen molar-refractivity contribution in [1.29, 1.82) is 0 Å². The smallest absolute Gasteiger partial charge is 0.311 e. The number of rotatable bonds is 15. The van der Waals surface area contributed by atoms with E-state index >= 15 is 0 Å². The van der Waals surface area contributed by atoms with Crippen molar-refractivity contribution in [3.8, 4) is 0 Å². The molecule has 0 aliphatic carbocycles. The maximum Gasteiger partial charge on any atom is 0.311 e. The quantitative estimate of drug-likeness (QED) is 0.0760. The lowest BCUT2D eigenvalue weighted by Crippen LogP contribution is -2.61. The van der Waals surface area contributed by atoms with E-state index in [-0.39, 0.29) is 19.2 Å². The van der Waals surface area contributed by atoms with Crippen molar-refractivity contribution < 1.29 is 28.5 Å². The molecule has 1 saturated heterocycles. The van der Waals surface area contributed by atoms with E-state index < -0.39 is 40.9 Å². The van der Waals surface area contributed by atoms with Gasteiger partial charge in [-0.15, -0.1) is 0 Å². The zero-order chi connectivity index (χ0) is 39.5. The lowest BCUT2D eigenvalue weighted by Gasteiger charge is -2.47. The summed E-state index contributed by atoms with van der Waals surface area (Å²) < 4.78 is 34.9. The third-order valence-electron chi connectivity index (χ3n) is 10.0. The molecule has 0 spiro atoms. The Hall–Kier alpha value is -5.02. The van der Waals surface area contributed by atoms with Gasteiger partial charge in [0.2, 0.25) is 0 Å². The molecular formula is C50H50O6S. The zero-order valence-electron chi connectivity index (χ0n) is 32.7. The number of hydrogen-bond donors (Lipinski definition) is 0. The standard InChI is InChI=1S/C50H50O6S/c1-49(2,3)48(51)56-44-43(36-54-50(39-26-14-6-15-27-39,40-28-16-7-17-29-40)41-30-18-8-19-31-41)55-47(57-42-32-20-9-21-33-42)46(53-35-38-24-12-5-13-25-38)45(44)52-34-37-22-10-4-11-23-37/h4-33,43-47H,34-36H2,1-3H3/t43-,44-,45+,46+,47-/m1/s1. The van der Waals surface area contributed by atoms with Crippen molar-refractivity contribution in [1.82, 2.24) is 0 Å². The molecular weight excluding hydrogens is 729 g/mol. The first-order valence-corrected chi connectivity index (χ1v) is 20.4. The first-order chi connectivity index (χ1) is 27.8. The van der Waals surface area contributed by atoms with Crippen LogP contribution < -0.4 is 0 Å². The van der Waals surface area contributed by atoms with Crippen molar-refractivity contribution in [3.05, 3.63) is 210 Å². The van der Waals surface area contributed by atoms with Gasteiger partial charge in [0.25, 0.3) is 0 Å². The van der Waals surface area contributed by atoms with Crippen LogP contribution in [0.15, 0.2) is 187 Å². The Bertz CT molecular complexity index is 2000. The highest BCUT2D eigenvalue weighted by atomic mass is 32.2. The Balaban J connectivity index is 1.33. The van der Waals surface area contributed by atoms with Crippen molar-refractivity contribution in [3.63, 3.8) is 0 Å². The summed E-state index contributed by atoms with van der Waals surface area (Å²) in [5.41, 5.74) is 2.47. The highest BCUT2D eigenvalue weighted by Gasteiger charge is 2.52. The van der Waals surface area contributed by atoms with Crippen LogP contribution in [0.25, 0.3) is 0 Å². The lowest BCUT2D eigenvalue weighted by molar-refractivity contribution is -0.254. The van der Waals surface area contributed by atoms with Crippen LogP contribution in [0.4, 0.5) is 0 Å². The van der Waals surface area contributed by atoms with Crippen LogP contribution in [-0.4, -0.2) is 42.4 Å². The van der Waals surface area contributed by atoms with E-state index in [0.717, 1.165) is 32.7 Å². The average Bonchev–Trinajstić information content (AvgIpc) is 3.25. The molecule has 1 aliphatic heterocycles. The first kappa shape index (κ1) is 40.2. The van der Waals surface area contributed by atoms with Crippen molar-refractivity contribution in [2.45, 2.75) is 74.3 Å². The van der Waals surface area contributed by atoms with Crippen molar-refractivity contribution in [2.75, 3.05) is 6.61 Å². The molecule has 0 aromatic heterocycles. The molecule has 7 heteroatoms. The molecule has 5 atom stereocenters. The number of hydrogen-bond acceptors (Lipinski definition) is 7. The van der Waals surface area contributed by atoms with Crippen LogP contribution in [0.2, 0.25) is 0 Å². The normalized spacial score (nSPS) is 19.8. The number of carbonyl (C=O) groups is 1. The molecule has 1 heterocycles. The molecule has 0 radical (unpaired) electrons. The number of ether oxygens (including phenoxy) is 5. The molecule has 1 fully saturated rings. The van der Waals surface area contributed by atoms with Crippen LogP contribution in [0, 0.1) is 5.41 Å². The highest BCUT2D eigenvalue weighted by Crippen LogP contribution is 2.43. The molecule has 0 saturated carbocycles. The number of carbonyl (C=O) groups excluding carboxylic acids is 1. The van der Waals surface area contributed by atoms with E-state index in [0.29, 0.717) is 6.61 Å². The summed E-state index contributed by atoms with van der Waals surface area (Å²) in [6.45, 7) is 6.21. The molecule has 0 N–H and O–H groups in total. The van der Waals surface area contributed by atoms with Gasteiger partial charge in [-0.05, 0) is 60.7 Å². The van der Waals surface area contributed by atoms with Gasteiger partial charge in [0.05, 0.1) is 25.2 Å². The third-order valence-corrected chi connectivity index (χ3v) is 11.2. The van der Waals surface area contributed by atoms with Gasteiger partial charge >= 0.3 is 5.97 Å². The van der Waals surface area contributed by atoms with Gasteiger partial charge in [-0.1, -0.05) is 182 Å².